The van der Waals surface area contributed by atoms with Crippen LogP contribution in [-0.2, 0) is 4.79 Å². The molecule has 0 radical (unpaired) electrons. The van der Waals surface area contributed by atoms with E-state index in [0.717, 1.165) is 44.5 Å². The summed E-state index contributed by atoms with van der Waals surface area (Å²) < 4.78 is 19.1. The highest BCUT2D eigenvalue weighted by Crippen LogP contribution is 2.29. The van der Waals surface area contributed by atoms with Crippen LogP contribution in [0.15, 0.2) is 42.6 Å². The number of pyridine rings is 1. The highest BCUT2D eigenvalue weighted by Gasteiger charge is 2.37. The third-order valence-electron chi connectivity index (χ3n) is 6.26. The van der Waals surface area contributed by atoms with Crippen molar-refractivity contribution < 1.29 is 18.7 Å². The van der Waals surface area contributed by atoms with Crippen molar-refractivity contribution >= 4 is 11.8 Å². The Morgan fingerprint density at radius 2 is 1.69 bits per heavy atom. The van der Waals surface area contributed by atoms with Crippen LogP contribution in [0.4, 0.5) is 4.39 Å². The van der Waals surface area contributed by atoms with E-state index in [4.69, 9.17) is 4.74 Å². The Morgan fingerprint density at radius 3 is 2.34 bits per heavy atom. The Balaban J connectivity index is 1.40. The third kappa shape index (κ3) is 4.92. The molecule has 0 aliphatic carbocycles. The average molecular weight is 440 g/mol. The van der Waals surface area contributed by atoms with E-state index in [9.17, 15) is 14.0 Å². The summed E-state index contributed by atoms with van der Waals surface area (Å²) in [7, 11) is 0. The number of halogens is 1. The lowest BCUT2D eigenvalue weighted by molar-refractivity contribution is -0.146. The summed E-state index contributed by atoms with van der Waals surface area (Å²) in [6.07, 6.45) is 5.60. The molecule has 2 amide bonds. The maximum atomic E-state index is 13.2. The molecule has 7 heteroatoms. The molecule has 1 aromatic carbocycles. The third-order valence-corrected chi connectivity index (χ3v) is 6.26. The zero-order valence-electron chi connectivity index (χ0n) is 18.7. The number of benzene rings is 1. The summed E-state index contributed by atoms with van der Waals surface area (Å²) in [6, 6.07) is 9.46. The first-order valence-corrected chi connectivity index (χ1v) is 11.3. The Hall–Kier alpha value is -2.96. The van der Waals surface area contributed by atoms with E-state index in [0.29, 0.717) is 24.4 Å². The van der Waals surface area contributed by atoms with Gasteiger partial charge in [-0.25, -0.2) is 4.39 Å². The highest BCUT2D eigenvalue weighted by molar-refractivity contribution is 5.94. The first-order valence-electron chi connectivity index (χ1n) is 11.3. The molecule has 1 atom stereocenters. The standard InChI is InChI=1S/C25H30FN3O3/c1-25(2,32-21-10-8-20(26)9-11-21)24(31)29-15-5-6-19(17-29)22-12-7-18(16-27-22)23(30)28-13-3-4-14-28/h7-12,16,19H,3-6,13-15,17H2,1-2H3/t19-/m0/s1. The second kappa shape index (κ2) is 9.27. The van der Waals surface area contributed by atoms with Crippen LogP contribution in [0, 0.1) is 5.82 Å². The number of hydrogen-bond acceptors (Lipinski definition) is 4. The van der Waals surface area contributed by atoms with Gasteiger partial charge in [0.05, 0.1) is 5.56 Å². The number of nitrogens with zero attached hydrogens (tertiary/aromatic N) is 3. The quantitative estimate of drug-likeness (QED) is 0.706. The molecule has 1 aromatic heterocycles. The first kappa shape index (κ1) is 22.2. The van der Waals surface area contributed by atoms with Crippen LogP contribution in [0.2, 0.25) is 0 Å². The van der Waals surface area contributed by atoms with Gasteiger partial charge in [-0.2, -0.15) is 0 Å². The second-order valence-corrected chi connectivity index (χ2v) is 9.13. The fourth-order valence-corrected chi connectivity index (χ4v) is 4.50. The van der Waals surface area contributed by atoms with E-state index in [-0.39, 0.29) is 23.5 Å². The molecule has 0 N–H and O–H groups in total. The normalized spacial score (nSPS) is 19.2. The van der Waals surface area contributed by atoms with E-state index in [1.54, 1.807) is 20.0 Å². The van der Waals surface area contributed by atoms with Crippen molar-refractivity contribution in [3.63, 3.8) is 0 Å². The molecular weight excluding hydrogens is 409 g/mol. The van der Waals surface area contributed by atoms with Crippen LogP contribution >= 0.6 is 0 Å². The van der Waals surface area contributed by atoms with Crippen molar-refractivity contribution in [1.29, 1.82) is 0 Å². The monoisotopic (exact) mass is 439 g/mol. The molecule has 0 bridgehead atoms. The fourth-order valence-electron chi connectivity index (χ4n) is 4.50. The Morgan fingerprint density at radius 1 is 1.00 bits per heavy atom. The molecule has 2 saturated heterocycles. The lowest BCUT2D eigenvalue weighted by atomic mass is 9.92. The minimum Gasteiger partial charge on any atom is -0.478 e. The van der Waals surface area contributed by atoms with Gasteiger partial charge in [0.25, 0.3) is 11.8 Å². The minimum atomic E-state index is -1.07. The molecule has 2 aliphatic rings. The topological polar surface area (TPSA) is 62.7 Å². The van der Waals surface area contributed by atoms with Crippen molar-refractivity contribution in [3.8, 4) is 5.75 Å². The molecule has 2 aliphatic heterocycles. The summed E-state index contributed by atoms with van der Waals surface area (Å²) >= 11 is 0. The number of piperidine rings is 1. The van der Waals surface area contributed by atoms with Gasteiger partial charge in [0.1, 0.15) is 11.6 Å². The van der Waals surface area contributed by atoms with Gasteiger partial charge in [0, 0.05) is 44.0 Å². The van der Waals surface area contributed by atoms with Crippen molar-refractivity contribution in [2.24, 2.45) is 0 Å². The molecule has 2 fully saturated rings. The largest absolute Gasteiger partial charge is 0.478 e. The summed E-state index contributed by atoms with van der Waals surface area (Å²) in [5.41, 5.74) is 0.449. The van der Waals surface area contributed by atoms with Gasteiger partial charge < -0.3 is 14.5 Å². The highest BCUT2D eigenvalue weighted by atomic mass is 19.1. The van der Waals surface area contributed by atoms with Gasteiger partial charge in [-0.3, -0.25) is 14.6 Å². The van der Waals surface area contributed by atoms with Crippen LogP contribution in [0.1, 0.15) is 61.5 Å². The SMILES string of the molecule is CC(C)(Oc1ccc(F)cc1)C(=O)N1CCC[C@H](c2ccc(C(=O)N3CCCC3)cn2)C1. The average Bonchev–Trinajstić information content (AvgIpc) is 3.35. The minimum absolute atomic E-state index is 0.0432. The zero-order valence-corrected chi connectivity index (χ0v) is 18.7. The van der Waals surface area contributed by atoms with Crippen LogP contribution < -0.4 is 4.74 Å². The summed E-state index contributed by atoms with van der Waals surface area (Å²) in [6.45, 7) is 6.32. The van der Waals surface area contributed by atoms with E-state index in [1.807, 2.05) is 21.9 Å². The molecule has 0 spiro atoms. The summed E-state index contributed by atoms with van der Waals surface area (Å²) in [4.78, 5) is 34.0. The van der Waals surface area contributed by atoms with Crippen LogP contribution in [0.25, 0.3) is 0 Å². The van der Waals surface area contributed by atoms with Gasteiger partial charge >= 0.3 is 0 Å². The van der Waals surface area contributed by atoms with Crippen LogP contribution in [-0.4, -0.2) is 58.4 Å². The van der Waals surface area contributed by atoms with Crippen molar-refractivity contribution in [2.45, 2.75) is 51.0 Å². The van der Waals surface area contributed by atoms with Crippen molar-refractivity contribution in [2.75, 3.05) is 26.2 Å². The molecule has 2 aromatic rings. The molecule has 0 saturated carbocycles. The van der Waals surface area contributed by atoms with Gasteiger partial charge in [-0.1, -0.05) is 0 Å². The van der Waals surface area contributed by atoms with E-state index < -0.39 is 5.60 Å². The van der Waals surface area contributed by atoms with Crippen LogP contribution in [0.5, 0.6) is 5.75 Å². The van der Waals surface area contributed by atoms with Crippen molar-refractivity contribution in [1.82, 2.24) is 14.8 Å². The number of hydrogen-bond donors (Lipinski definition) is 0. The lowest BCUT2D eigenvalue weighted by Crippen LogP contribution is -2.51. The van der Waals surface area contributed by atoms with E-state index in [1.165, 1.54) is 24.3 Å². The maximum absolute atomic E-state index is 13.2. The van der Waals surface area contributed by atoms with Crippen molar-refractivity contribution in [3.05, 3.63) is 59.7 Å². The number of carbonyl (C=O) groups excluding carboxylic acids is 2. The van der Waals surface area contributed by atoms with E-state index >= 15 is 0 Å². The lowest BCUT2D eigenvalue weighted by Gasteiger charge is -2.37. The smallest absolute Gasteiger partial charge is 0.266 e. The molecule has 6 nitrogen and oxygen atoms in total. The summed E-state index contributed by atoms with van der Waals surface area (Å²) in [5.74, 6) is 0.165. The number of ether oxygens (including phenoxy) is 1. The first-order chi connectivity index (χ1) is 15.3. The fraction of sp³-hybridized carbons (Fsp3) is 0.480. The van der Waals surface area contributed by atoms with Gasteiger partial charge in [0.15, 0.2) is 5.60 Å². The maximum Gasteiger partial charge on any atom is 0.266 e. The molecule has 32 heavy (non-hydrogen) atoms. The Bertz CT molecular complexity index is 953. The van der Waals surface area contributed by atoms with Crippen LogP contribution in [0.3, 0.4) is 0 Å². The second-order valence-electron chi connectivity index (χ2n) is 9.13. The van der Waals surface area contributed by atoms with Gasteiger partial charge in [-0.15, -0.1) is 0 Å². The van der Waals surface area contributed by atoms with Gasteiger partial charge in [-0.05, 0) is 75.9 Å². The number of rotatable bonds is 5. The molecular formula is C25H30FN3O3. The molecule has 4 rings (SSSR count). The Labute approximate surface area is 188 Å². The Kier molecular flexibility index (Phi) is 6.44. The number of carbonyl (C=O) groups is 2. The van der Waals surface area contributed by atoms with Gasteiger partial charge in [0.2, 0.25) is 0 Å². The number of likely N-dealkylation sites (tertiary alicyclic amines) is 2. The summed E-state index contributed by atoms with van der Waals surface area (Å²) in [5, 5.41) is 0. The molecule has 3 heterocycles. The number of aromatic nitrogens is 1. The van der Waals surface area contributed by atoms with E-state index in [2.05, 4.69) is 4.98 Å². The predicted molar refractivity (Wildman–Crippen MR) is 119 cm³/mol. The molecule has 170 valence electrons. The predicted octanol–water partition coefficient (Wildman–Crippen LogP) is 4.02. The zero-order chi connectivity index (χ0) is 22.7. The number of amides is 2. The molecule has 0 unspecified atom stereocenters.